The molecule has 4 aromatic carbocycles. The van der Waals surface area contributed by atoms with Gasteiger partial charge in [0.05, 0.1) is 22.4 Å². The van der Waals surface area contributed by atoms with E-state index in [4.69, 9.17) is 4.98 Å². The SMILES string of the molecule is OC(c1cccc(-c2nnn3c2ccc2ccccc23)n1)c1c2ccccc2cc2ccccc12. The van der Waals surface area contributed by atoms with Crippen LogP contribution in [0.15, 0.2) is 109 Å². The third kappa shape index (κ3) is 3.10. The van der Waals surface area contributed by atoms with Crippen molar-refractivity contribution in [2.45, 2.75) is 6.10 Å². The van der Waals surface area contributed by atoms with Gasteiger partial charge in [0, 0.05) is 10.9 Å². The third-order valence-electron chi connectivity index (χ3n) is 6.67. The van der Waals surface area contributed by atoms with Gasteiger partial charge in [0.25, 0.3) is 0 Å². The number of hydrogen-bond donors (Lipinski definition) is 1. The average Bonchev–Trinajstić information content (AvgIpc) is 3.36. The molecule has 0 aliphatic heterocycles. The van der Waals surface area contributed by atoms with E-state index in [2.05, 4.69) is 52.8 Å². The second-order valence-electron chi connectivity index (χ2n) is 8.71. The van der Waals surface area contributed by atoms with E-state index in [0.29, 0.717) is 17.1 Å². The summed E-state index contributed by atoms with van der Waals surface area (Å²) in [5, 5.41) is 25.8. The number of rotatable bonds is 3. The molecule has 3 aromatic heterocycles. The minimum Gasteiger partial charge on any atom is -0.382 e. The van der Waals surface area contributed by atoms with E-state index in [-0.39, 0.29) is 0 Å². The van der Waals surface area contributed by atoms with E-state index in [0.717, 1.165) is 43.5 Å². The Bertz CT molecular complexity index is 1840. The second-order valence-corrected chi connectivity index (χ2v) is 8.71. The summed E-state index contributed by atoms with van der Waals surface area (Å²) in [6, 6.07) is 36.4. The smallest absolute Gasteiger partial charge is 0.139 e. The Labute approximate surface area is 200 Å². The first kappa shape index (κ1) is 19.8. The molecule has 0 amide bonds. The summed E-state index contributed by atoms with van der Waals surface area (Å²) in [6.07, 6.45) is -0.895. The lowest BCUT2D eigenvalue weighted by Crippen LogP contribution is -2.05. The van der Waals surface area contributed by atoms with Crippen LogP contribution in [-0.4, -0.2) is 24.9 Å². The third-order valence-corrected chi connectivity index (χ3v) is 6.67. The summed E-state index contributed by atoms with van der Waals surface area (Å²) in [7, 11) is 0. The first-order valence-electron chi connectivity index (χ1n) is 11.6. The van der Waals surface area contributed by atoms with Crippen LogP contribution in [0, 0.1) is 0 Å². The molecule has 7 rings (SSSR count). The molecule has 1 atom stereocenters. The van der Waals surface area contributed by atoms with E-state index >= 15 is 0 Å². The summed E-state index contributed by atoms with van der Waals surface area (Å²) in [5.74, 6) is 0. The van der Waals surface area contributed by atoms with Gasteiger partial charge in [-0.2, -0.15) is 0 Å². The van der Waals surface area contributed by atoms with Crippen LogP contribution in [0.3, 0.4) is 0 Å². The Hall–Kier alpha value is -4.61. The molecule has 5 nitrogen and oxygen atoms in total. The molecule has 0 bridgehead atoms. The Morgan fingerprint density at radius 1 is 0.629 bits per heavy atom. The van der Waals surface area contributed by atoms with Gasteiger partial charge in [-0.25, -0.2) is 9.50 Å². The summed E-state index contributed by atoms with van der Waals surface area (Å²) >= 11 is 0. The fourth-order valence-corrected chi connectivity index (χ4v) is 5.02. The number of aliphatic hydroxyl groups excluding tert-OH is 1. The van der Waals surface area contributed by atoms with Crippen LogP contribution in [0.1, 0.15) is 17.4 Å². The maximum atomic E-state index is 11.7. The molecule has 7 aromatic rings. The molecule has 0 aliphatic carbocycles. The highest BCUT2D eigenvalue weighted by molar-refractivity contribution is 6.02. The molecule has 35 heavy (non-hydrogen) atoms. The molecule has 0 saturated carbocycles. The molecule has 5 heteroatoms. The molecule has 166 valence electrons. The van der Waals surface area contributed by atoms with Gasteiger partial charge in [0.15, 0.2) is 0 Å². The number of benzene rings is 4. The van der Waals surface area contributed by atoms with E-state index in [1.165, 1.54) is 0 Å². The van der Waals surface area contributed by atoms with Gasteiger partial charge in [-0.3, -0.25) is 0 Å². The Morgan fingerprint density at radius 3 is 2.09 bits per heavy atom. The predicted molar refractivity (Wildman–Crippen MR) is 139 cm³/mol. The van der Waals surface area contributed by atoms with Crippen LogP contribution in [0.5, 0.6) is 0 Å². The summed E-state index contributed by atoms with van der Waals surface area (Å²) in [5.41, 5.74) is 4.66. The number of pyridine rings is 2. The summed E-state index contributed by atoms with van der Waals surface area (Å²) in [4.78, 5) is 4.87. The zero-order valence-electron chi connectivity index (χ0n) is 18.7. The minimum absolute atomic E-state index is 0.575. The van der Waals surface area contributed by atoms with Crippen molar-refractivity contribution in [3.05, 3.63) is 120 Å². The first-order valence-corrected chi connectivity index (χ1v) is 11.6. The Morgan fingerprint density at radius 2 is 1.31 bits per heavy atom. The molecule has 1 N–H and O–H groups in total. The summed E-state index contributed by atoms with van der Waals surface area (Å²) < 4.78 is 1.84. The standard InChI is InChI=1S/C30H20N4O/c35-30(28-22-11-4-1-9-20(22)18-21-10-2-5-12-23(21)28)25-14-7-13-24(31-25)29-27-17-16-19-8-3-6-15-26(19)34(27)33-32-29/h1-18,30,35H. The normalized spacial score (nSPS) is 12.6. The number of aromatic nitrogens is 4. The van der Waals surface area contributed by atoms with Crippen LogP contribution < -0.4 is 0 Å². The Kier molecular flexibility index (Phi) is 4.37. The predicted octanol–water partition coefficient (Wildman–Crippen LogP) is 6.33. The van der Waals surface area contributed by atoms with Gasteiger partial charge in [-0.15, -0.1) is 5.10 Å². The number of aliphatic hydroxyl groups is 1. The largest absolute Gasteiger partial charge is 0.382 e. The number of para-hydroxylation sites is 1. The van der Waals surface area contributed by atoms with Gasteiger partial charge >= 0.3 is 0 Å². The van der Waals surface area contributed by atoms with Crippen LogP contribution in [-0.2, 0) is 0 Å². The van der Waals surface area contributed by atoms with Crippen molar-refractivity contribution in [1.82, 2.24) is 19.8 Å². The van der Waals surface area contributed by atoms with Gasteiger partial charge in [-0.1, -0.05) is 84.1 Å². The van der Waals surface area contributed by atoms with Gasteiger partial charge < -0.3 is 5.11 Å². The van der Waals surface area contributed by atoms with Crippen molar-refractivity contribution in [2.75, 3.05) is 0 Å². The van der Waals surface area contributed by atoms with Crippen LogP contribution in [0.2, 0.25) is 0 Å². The molecule has 0 saturated heterocycles. The zero-order chi connectivity index (χ0) is 23.4. The topological polar surface area (TPSA) is 63.3 Å². The van der Waals surface area contributed by atoms with E-state index in [1.54, 1.807) is 0 Å². The van der Waals surface area contributed by atoms with Gasteiger partial charge in [0.2, 0.25) is 0 Å². The van der Waals surface area contributed by atoms with E-state index in [9.17, 15) is 5.11 Å². The lowest BCUT2D eigenvalue weighted by Gasteiger charge is -2.17. The van der Waals surface area contributed by atoms with E-state index < -0.39 is 6.10 Å². The highest BCUT2D eigenvalue weighted by Crippen LogP contribution is 2.36. The maximum absolute atomic E-state index is 11.7. The van der Waals surface area contributed by atoms with Crippen LogP contribution >= 0.6 is 0 Å². The van der Waals surface area contributed by atoms with Gasteiger partial charge in [0.1, 0.15) is 11.8 Å². The maximum Gasteiger partial charge on any atom is 0.139 e. The fraction of sp³-hybridized carbons (Fsp3) is 0.0333. The lowest BCUT2D eigenvalue weighted by molar-refractivity contribution is 0.218. The number of fused-ring (bicyclic) bond motifs is 5. The summed E-state index contributed by atoms with van der Waals surface area (Å²) in [6.45, 7) is 0. The lowest BCUT2D eigenvalue weighted by atomic mass is 9.92. The minimum atomic E-state index is -0.895. The van der Waals surface area contributed by atoms with Crippen molar-refractivity contribution in [2.24, 2.45) is 0 Å². The van der Waals surface area contributed by atoms with Gasteiger partial charge in [-0.05, 0) is 51.9 Å². The molecule has 0 aliphatic rings. The molecular weight excluding hydrogens is 432 g/mol. The highest BCUT2D eigenvalue weighted by Gasteiger charge is 2.20. The monoisotopic (exact) mass is 452 g/mol. The Balaban J connectivity index is 1.40. The molecule has 1 unspecified atom stereocenters. The number of nitrogens with zero attached hydrogens (tertiary/aromatic N) is 4. The first-order chi connectivity index (χ1) is 17.3. The molecule has 0 fully saturated rings. The average molecular weight is 453 g/mol. The molecular formula is C30H20N4O. The van der Waals surface area contributed by atoms with Crippen molar-refractivity contribution >= 4 is 38.0 Å². The van der Waals surface area contributed by atoms with E-state index in [1.807, 2.05) is 71.2 Å². The van der Waals surface area contributed by atoms with Crippen LogP contribution in [0.4, 0.5) is 0 Å². The molecule has 0 radical (unpaired) electrons. The second kappa shape index (κ2) is 7.72. The van der Waals surface area contributed by atoms with Crippen molar-refractivity contribution in [3.8, 4) is 11.4 Å². The quantitative estimate of drug-likeness (QED) is 0.318. The molecule has 0 spiro atoms. The van der Waals surface area contributed by atoms with Crippen LogP contribution in [0.25, 0.3) is 49.4 Å². The number of hydrogen-bond acceptors (Lipinski definition) is 4. The van der Waals surface area contributed by atoms with Crippen molar-refractivity contribution < 1.29 is 5.11 Å². The van der Waals surface area contributed by atoms with Crippen molar-refractivity contribution in [1.29, 1.82) is 0 Å². The van der Waals surface area contributed by atoms with Crippen molar-refractivity contribution in [3.63, 3.8) is 0 Å². The fourth-order valence-electron chi connectivity index (χ4n) is 5.02. The highest BCUT2D eigenvalue weighted by atomic mass is 16.3. The zero-order valence-corrected chi connectivity index (χ0v) is 18.7. The molecule has 3 heterocycles.